The quantitative estimate of drug-likeness (QED) is 0.707. The number of aryl methyl sites for hydroxylation is 1. The van der Waals surface area contributed by atoms with Gasteiger partial charge in [0.2, 0.25) is 0 Å². The lowest BCUT2D eigenvalue weighted by atomic mass is 9.99. The molecule has 94 valence electrons. The minimum Gasteiger partial charge on any atom is -0.292 e. The molecular weight excluding hydrogens is 212 g/mol. The monoisotopic (exact) mass is 234 g/mol. The molecule has 3 nitrogen and oxygen atoms in total. The van der Waals surface area contributed by atoms with Crippen molar-refractivity contribution < 1.29 is 4.79 Å². The second kappa shape index (κ2) is 5.99. The number of carbonyl (C=O) groups excluding carboxylic acids is 1. The normalized spacial score (nSPS) is 16.5. The van der Waals surface area contributed by atoms with Gasteiger partial charge in [-0.25, -0.2) is 0 Å². The molecule has 17 heavy (non-hydrogen) atoms. The van der Waals surface area contributed by atoms with E-state index in [1.807, 2.05) is 10.7 Å². The van der Waals surface area contributed by atoms with Crippen molar-refractivity contribution in [2.45, 2.75) is 58.4 Å². The molecule has 0 aliphatic heterocycles. The Balaban J connectivity index is 1.87. The van der Waals surface area contributed by atoms with Gasteiger partial charge in [0, 0.05) is 19.2 Å². The fraction of sp³-hybridized carbons (Fsp3) is 0.714. The predicted molar refractivity (Wildman–Crippen MR) is 68.0 cm³/mol. The second-order valence-electron chi connectivity index (χ2n) is 5.05. The van der Waals surface area contributed by atoms with Crippen molar-refractivity contribution in [2.24, 2.45) is 5.92 Å². The Kier molecular flexibility index (Phi) is 4.35. The van der Waals surface area contributed by atoms with Crippen molar-refractivity contribution in [3.63, 3.8) is 0 Å². The molecule has 2 rings (SSSR count). The molecule has 0 N–H and O–H groups in total. The van der Waals surface area contributed by atoms with Crippen LogP contribution in [0.25, 0.3) is 0 Å². The first kappa shape index (κ1) is 12.3. The van der Waals surface area contributed by atoms with E-state index in [4.69, 9.17) is 0 Å². The lowest BCUT2D eigenvalue weighted by Crippen LogP contribution is -2.11. The Hall–Kier alpha value is -1.12. The lowest BCUT2D eigenvalue weighted by molar-refractivity contribution is 0.0963. The summed E-state index contributed by atoms with van der Waals surface area (Å²) in [6, 6.07) is 1.85. The molecule has 1 aliphatic rings. The van der Waals surface area contributed by atoms with Gasteiger partial charge in [-0.1, -0.05) is 32.6 Å². The van der Waals surface area contributed by atoms with E-state index in [0.29, 0.717) is 6.42 Å². The van der Waals surface area contributed by atoms with Gasteiger partial charge in [0.1, 0.15) is 5.69 Å². The fourth-order valence-electron chi connectivity index (χ4n) is 2.72. The second-order valence-corrected chi connectivity index (χ2v) is 5.05. The van der Waals surface area contributed by atoms with Crippen LogP contribution in [0.4, 0.5) is 0 Å². The summed E-state index contributed by atoms with van der Waals surface area (Å²) in [4.78, 5) is 12.1. The smallest absolute Gasteiger partial charge is 0.180 e. The number of rotatable bonds is 6. The molecule has 1 aromatic heterocycles. The molecule has 1 aromatic rings. The van der Waals surface area contributed by atoms with Crippen molar-refractivity contribution in [1.82, 2.24) is 9.78 Å². The average molecular weight is 234 g/mol. The molecule has 0 bridgehead atoms. The molecule has 1 aliphatic carbocycles. The Morgan fingerprint density at radius 2 is 2.24 bits per heavy atom. The molecule has 0 radical (unpaired) electrons. The minimum absolute atomic E-state index is 0.267. The maximum atomic E-state index is 12.1. The number of hydrogen-bond donors (Lipinski definition) is 0. The number of Topliss-reactive ketones (excluding diaryl/α,β-unsaturated/α-hetero) is 1. The van der Waals surface area contributed by atoms with Crippen LogP contribution in [0, 0.1) is 5.92 Å². The zero-order valence-electron chi connectivity index (χ0n) is 10.7. The van der Waals surface area contributed by atoms with E-state index in [1.165, 1.54) is 25.7 Å². The fourth-order valence-corrected chi connectivity index (χ4v) is 2.72. The zero-order valence-corrected chi connectivity index (χ0v) is 10.7. The summed E-state index contributed by atoms with van der Waals surface area (Å²) >= 11 is 0. The number of nitrogens with zero attached hydrogens (tertiary/aromatic N) is 2. The van der Waals surface area contributed by atoms with Crippen LogP contribution in [-0.4, -0.2) is 15.6 Å². The highest BCUT2D eigenvalue weighted by atomic mass is 16.1. The summed E-state index contributed by atoms with van der Waals surface area (Å²) in [6.45, 7) is 2.95. The van der Waals surface area contributed by atoms with Crippen LogP contribution < -0.4 is 0 Å². The van der Waals surface area contributed by atoms with Crippen LogP contribution in [0.5, 0.6) is 0 Å². The summed E-state index contributed by atoms with van der Waals surface area (Å²) in [6.07, 6.45) is 9.86. The van der Waals surface area contributed by atoms with Gasteiger partial charge in [-0.15, -0.1) is 0 Å². The third-order valence-corrected chi connectivity index (χ3v) is 3.69. The number of ketones is 1. The first-order chi connectivity index (χ1) is 8.31. The van der Waals surface area contributed by atoms with E-state index in [1.54, 1.807) is 6.20 Å². The van der Waals surface area contributed by atoms with Gasteiger partial charge in [0.25, 0.3) is 0 Å². The van der Waals surface area contributed by atoms with E-state index in [-0.39, 0.29) is 5.78 Å². The first-order valence-electron chi connectivity index (χ1n) is 6.86. The SMILES string of the molecule is CCCn1nccc1C(=O)CCC1CCCC1. The number of carbonyl (C=O) groups is 1. The average Bonchev–Trinajstić information content (AvgIpc) is 2.97. The largest absolute Gasteiger partial charge is 0.292 e. The van der Waals surface area contributed by atoms with E-state index in [9.17, 15) is 4.79 Å². The zero-order chi connectivity index (χ0) is 12.1. The maximum Gasteiger partial charge on any atom is 0.180 e. The molecule has 1 fully saturated rings. The summed E-state index contributed by atoms with van der Waals surface area (Å²) < 4.78 is 1.84. The highest BCUT2D eigenvalue weighted by molar-refractivity contribution is 5.94. The number of hydrogen-bond acceptors (Lipinski definition) is 2. The van der Waals surface area contributed by atoms with Gasteiger partial charge in [-0.05, 0) is 24.8 Å². The van der Waals surface area contributed by atoms with Crippen LogP contribution in [-0.2, 0) is 6.54 Å². The van der Waals surface area contributed by atoms with Gasteiger partial charge in [0.15, 0.2) is 5.78 Å². The van der Waals surface area contributed by atoms with Crippen LogP contribution in [0.3, 0.4) is 0 Å². The van der Waals surface area contributed by atoms with Crippen molar-refractivity contribution in [3.8, 4) is 0 Å². The Morgan fingerprint density at radius 1 is 1.47 bits per heavy atom. The summed E-state index contributed by atoms with van der Waals surface area (Å²) in [7, 11) is 0. The van der Waals surface area contributed by atoms with Crippen molar-refractivity contribution in [2.75, 3.05) is 0 Å². The van der Waals surface area contributed by atoms with Crippen molar-refractivity contribution in [3.05, 3.63) is 18.0 Å². The van der Waals surface area contributed by atoms with Crippen LogP contribution in [0.2, 0.25) is 0 Å². The van der Waals surface area contributed by atoms with E-state index >= 15 is 0 Å². The van der Waals surface area contributed by atoms with Gasteiger partial charge in [0.05, 0.1) is 0 Å². The molecule has 0 spiro atoms. The summed E-state index contributed by atoms with van der Waals surface area (Å²) in [5, 5.41) is 4.20. The third-order valence-electron chi connectivity index (χ3n) is 3.69. The van der Waals surface area contributed by atoms with Gasteiger partial charge < -0.3 is 0 Å². The highest BCUT2D eigenvalue weighted by Gasteiger charge is 2.18. The Labute approximate surface area is 103 Å². The molecule has 0 saturated heterocycles. The van der Waals surface area contributed by atoms with Crippen LogP contribution in [0.15, 0.2) is 12.3 Å². The molecule has 0 atom stereocenters. The Bertz CT molecular complexity index is 364. The topological polar surface area (TPSA) is 34.9 Å². The van der Waals surface area contributed by atoms with Gasteiger partial charge in [-0.3, -0.25) is 9.48 Å². The van der Waals surface area contributed by atoms with E-state index in [2.05, 4.69) is 12.0 Å². The number of aromatic nitrogens is 2. The minimum atomic E-state index is 0.267. The molecule has 1 saturated carbocycles. The predicted octanol–water partition coefficient (Wildman–Crippen LogP) is 3.45. The highest BCUT2D eigenvalue weighted by Crippen LogP contribution is 2.28. The van der Waals surface area contributed by atoms with Crippen LogP contribution in [0.1, 0.15) is 62.4 Å². The van der Waals surface area contributed by atoms with Crippen LogP contribution >= 0.6 is 0 Å². The molecule has 3 heteroatoms. The third kappa shape index (κ3) is 3.18. The van der Waals surface area contributed by atoms with Crippen molar-refractivity contribution in [1.29, 1.82) is 0 Å². The molecule has 0 aromatic carbocycles. The molecule has 0 amide bonds. The van der Waals surface area contributed by atoms with Gasteiger partial charge in [-0.2, -0.15) is 5.10 Å². The molecular formula is C14H22N2O. The molecule has 0 unspecified atom stereocenters. The molecule has 1 heterocycles. The van der Waals surface area contributed by atoms with E-state index < -0.39 is 0 Å². The standard InChI is InChI=1S/C14H22N2O/c1-2-11-16-13(9-10-15-16)14(17)8-7-12-5-3-4-6-12/h9-10,12H,2-8,11H2,1H3. The maximum absolute atomic E-state index is 12.1. The lowest BCUT2D eigenvalue weighted by Gasteiger charge is -2.08. The first-order valence-corrected chi connectivity index (χ1v) is 6.86. The Morgan fingerprint density at radius 3 is 2.94 bits per heavy atom. The van der Waals surface area contributed by atoms with E-state index in [0.717, 1.165) is 31.0 Å². The summed E-state index contributed by atoms with van der Waals surface area (Å²) in [5.74, 6) is 1.06. The van der Waals surface area contributed by atoms with Gasteiger partial charge >= 0.3 is 0 Å². The summed E-state index contributed by atoms with van der Waals surface area (Å²) in [5.41, 5.74) is 0.796. The van der Waals surface area contributed by atoms with Crippen molar-refractivity contribution >= 4 is 5.78 Å².